The average molecular weight is 322 g/mol. The molecule has 3 rings (SSSR count). The number of hydrogen-bond donors (Lipinski definition) is 2. The lowest BCUT2D eigenvalue weighted by molar-refractivity contribution is -0.140. The van der Waals surface area contributed by atoms with Gasteiger partial charge in [0, 0.05) is 0 Å². The molecule has 4 heteroatoms. The molecule has 24 heavy (non-hydrogen) atoms. The largest absolute Gasteiger partial charge is 0.341 e. The minimum Gasteiger partial charge on any atom is -0.341 e. The van der Waals surface area contributed by atoms with E-state index in [-0.39, 0.29) is 12.1 Å². The minimum atomic E-state index is -0.590. The molecule has 4 nitrogen and oxygen atoms in total. The fraction of sp³-hybridized carbons (Fsp3) is 0.300. The quantitative estimate of drug-likeness (QED) is 0.831. The van der Waals surface area contributed by atoms with Crippen LogP contribution in [-0.4, -0.2) is 11.8 Å². The Labute approximate surface area is 142 Å². The zero-order chi connectivity index (χ0) is 16.9. The molecule has 2 N–H and O–H groups in total. The van der Waals surface area contributed by atoms with Crippen molar-refractivity contribution in [2.75, 3.05) is 0 Å². The Balaban J connectivity index is 1.62. The summed E-state index contributed by atoms with van der Waals surface area (Å²) in [4.78, 5) is 24.5. The number of hydrogen-bond acceptors (Lipinski definition) is 2. The molecule has 0 radical (unpaired) electrons. The van der Waals surface area contributed by atoms with Gasteiger partial charge < -0.3 is 10.6 Å². The van der Waals surface area contributed by atoms with E-state index in [1.165, 1.54) is 0 Å². The van der Waals surface area contributed by atoms with Crippen LogP contribution in [0, 0.1) is 5.92 Å². The Bertz CT molecular complexity index is 696. The Morgan fingerprint density at radius 3 is 1.88 bits per heavy atom. The van der Waals surface area contributed by atoms with Crippen molar-refractivity contribution in [3.63, 3.8) is 0 Å². The number of amides is 2. The van der Waals surface area contributed by atoms with Gasteiger partial charge in [-0.15, -0.1) is 0 Å². The Hall–Kier alpha value is -2.62. The van der Waals surface area contributed by atoms with E-state index in [1.54, 1.807) is 0 Å². The van der Waals surface area contributed by atoms with Crippen LogP contribution in [0.15, 0.2) is 60.7 Å². The smallest absolute Gasteiger partial charge is 0.309 e. The van der Waals surface area contributed by atoms with Gasteiger partial charge in [0.2, 0.25) is 0 Å². The fourth-order valence-corrected chi connectivity index (χ4v) is 2.86. The van der Waals surface area contributed by atoms with E-state index in [0.29, 0.717) is 5.92 Å². The lowest BCUT2D eigenvalue weighted by atomic mass is 10.0. The average Bonchev–Trinajstić information content (AvgIpc) is 3.45. The number of carbonyl (C=O) groups excluding carboxylic acids is 2. The number of nitrogens with one attached hydrogen (secondary N) is 2. The van der Waals surface area contributed by atoms with Crippen LogP contribution in [0.4, 0.5) is 0 Å². The second-order valence-corrected chi connectivity index (χ2v) is 6.31. The molecular weight excluding hydrogens is 300 g/mol. The van der Waals surface area contributed by atoms with Crippen LogP contribution in [0.1, 0.15) is 43.0 Å². The van der Waals surface area contributed by atoms with Crippen molar-refractivity contribution in [2.24, 2.45) is 5.92 Å². The first kappa shape index (κ1) is 16.2. The van der Waals surface area contributed by atoms with Crippen molar-refractivity contribution >= 4 is 11.8 Å². The summed E-state index contributed by atoms with van der Waals surface area (Å²) >= 11 is 0. The SMILES string of the molecule is C[C@@H](NC(=O)C(=O)N[C@@H](c1ccccc1)C1CC1)c1ccccc1. The van der Waals surface area contributed by atoms with Crippen LogP contribution in [-0.2, 0) is 9.59 Å². The molecule has 0 aromatic heterocycles. The van der Waals surface area contributed by atoms with E-state index in [0.717, 1.165) is 24.0 Å². The van der Waals surface area contributed by atoms with Gasteiger partial charge in [0.05, 0.1) is 12.1 Å². The van der Waals surface area contributed by atoms with E-state index >= 15 is 0 Å². The van der Waals surface area contributed by atoms with Gasteiger partial charge in [-0.1, -0.05) is 60.7 Å². The first-order chi connectivity index (χ1) is 11.6. The van der Waals surface area contributed by atoms with Gasteiger partial charge in [-0.3, -0.25) is 9.59 Å². The third-order valence-corrected chi connectivity index (χ3v) is 4.39. The highest BCUT2D eigenvalue weighted by Crippen LogP contribution is 2.40. The summed E-state index contributed by atoms with van der Waals surface area (Å²) in [5, 5.41) is 5.66. The van der Waals surface area contributed by atoms with Gasteiger partial charge in [-0.2, -0.15) is 0 Å². The zero-order valence-corrected chi connectivity index (χ0v) is 13.7. The molecule has 1 fully saturated rings. The molecule has 0 heterocycles. The maximum atomic E-state index is 12.3. The topological polar surface area (TPSA) is 58.2 Å². The molecule has 2 atom stereocenters. The molecule has 0 spiro atoms. The lowest BCUT2D eigenvalue weighted by Gasteiger charge is -2.20. The summed E-state index contributed by atoms with van der Waals surface area (Å²) in [5.41, 5.74) is 2.03. The lowest BCUT2D eigenvalue weighted by Crippen LogP contribution is -2.42. The maximum Gasteiger partial charge on any atom is 0.309 e. The molecule has 0 aliphatic heterocycles. The summed E-state index contributed by atoms with van der Waals surface area (Å²) in [6.07, 6.45) is 2.17. The van der Waals surface area contributed by atoms with Gasteiger partial charge in [0.25, 0.3) is 0 Å². The van der Waals surface area contributed by atoms with Crippen molar-refractivity contribution in [3.05, 3.63) is 71.8 Å². The third kappa shape index (κ3) is 4.02. The summed E-state index contributed by atoms with van der Waals surface area (Å²) in [5.74, 6) is -0.734. The molecule has 1 aliphatic carbocycles. The van der Waals surface area contributed by atoms with Crippen LogP contribution < -0.4 is 10.6 Å². The molecule has 0 bridgehead atoms. The standard InChI is InChI=1S/C20H22N2O2/c1-14(15-8-4-2-5-9-15)21-19(23)20(24)22-18(17-12-13-17)16-10-6-3-7-11-16/h2-11,14,17-18H,12-13H2,1H3,(H,21,23)(H,22,24)/t14-,18+/m1/s1. The highest BCUT2D eigenvalue weighted by molar-refractivity contribution is 6.35. The summed E-state index contributed by atoms with van der Waals surface area (Å²) in [7, 11) is 0. The summed E-state index contributed by atoms with van der Waals surface area (Å²) < 4.78 is 0. The first-order valence-electron chi connectivity index (χ1n) is 8.36. The molecule has 1 aliphatic rings. The van der Waals surface area contributed by atoms with Gasteiger partial charge in [0.15, 0.2) is 0 Å². The Morgan fingerprint density at radius 2 is 1.33 bits per heavy atom. The monoisotopic (exact) mass is 322 g/mol. The van der Waals surface area contributed by atoms with Crippen molar-refractivity contribution in [1.82, 2.24) is 10.6 Å². The van der Waals surface area contributed by atoms with Gasteiger partial charge in [-0.25, -0.2) is 0 Å². The predicted molar refractivity (Wildman–Crippen MR) is 93.0 cm³/mol. The minimum absolute atomic E-state index is 0.0866. The van der Waals surface area contributed by atoms with E-state index in [2.05, 4.69) is 10.6 Å². The van der Waals surface area contributed by atoms with Gasteiger partial charge in [0.1, 0.15) is 0 Å². The third-order valence-electron chi connectivity index (χ3n) is 4.39. The molecule has 2 aromatic carbocycles. The number of carbonyl (C=O) groups is 2. The van der Waals surface area contributed by atoms with E-state index in [1.807, 2.05) is 67.6 Å². The molecule has 2 amide bonds. The van der Waals surface area contributed by atoms with E-state index in [9.17, 15) is 9.59 Å². The van der Waals surface area contributed by atoms with E-state index in [4.69, 9.17) is 0 Å². The molecule has 1 saturated carbocycles. The number of rotatable bonds is 5. The first-order valence-corrected chi connectivity index (χ1v) is 8.36. The van der Waals surface area contributed by atoms with Crippen molar-refractivity contribution in [1.29, 1.82) is 0 Å². The summed E-state index contributed by atoms with van der Waals surface area (Å²) in [6, 6.07) is 19.2. The Kier molecular flexibility index (Phi) is 4.94. The van der Waals surface area contributed by atoms with Crippen molar-refractivity contribution in [3.8, 4) is 0 Å². The Morgan fingerprint density at radius 1 is 0.833 bits per heavy atom. The zero-order valence-electron chi connectivity index (χ0n) is 13.7. The van der Waals surface area contributed by atoms with Crippen molar-refractivity contribution < 1.29 is 9.59 Å². The summed E-state index contributed by atoms with van der Waals surface area (Å²) in [6.45, 7) is 1.87. The van der Waals surface area contributed by atoms with Crippen LogP contribution >= 0.6 is 0 Å². The van der Waals surface area contributed by atoms with E-state index < -0.39 is 11.8 Å². The normalized spacial score (nSPS) is 16.0. The molecular formula is C20H22N2O2. The van der Waals surface area contributed by atoms with Crippen LogP contribution in [0.25, 0.3) is 0 Å². The number of benzene rings is 2. The van der Waals surface area contributed by atoms with Crippen LogP contribution in [0.3, 0.4) is 0 Å². The second-order valence-electron chi connectivity index (χ2n) is 6.31. The molecule has 0 saturated heterocycles. The highest BCUT2D eigenvalue weighted by Gasteiger charge is 2.34. The maximum absolute atomic E-state index is 12.3. The predicted octanol–water partition coefficient (Wildman–Crippen LogP) is 3.13. The van der Waals surface area contributed by atoms with Crippen molar-refractivity contribution in [2.45, 2.75) is 31.8 Å². The molecule has 124 valence electrons. The van der Waals surface area contributed by atoms with Crippen LogP contribution in [0.2, 0.25) is 0 Å². The molecule has 0 unspecified atom stereocenters. The van der Waals surface area contributed by atoms with Gasteiger partial charge in [-0.05, 0) is 36.8 Å². The fourth-order valence-electron chi connectivity index (χ4n) is 2.86. The van der Waals surface area contributed by atoms with Crippen LogP contribution in [0.5, 0.6) is 0 Å². The molecule has 2 aromatic rings. The second kappa shape index (κ2) is 7.30. The highest BCUT2D eigenvalue weighted by atomic mass is 16.2. The van der Waals surface area contributed by atoms with Gasteiger partial charge >= 0.3 is 11.8 Å².